The number of carbonyl (C=O) groups is 1. The van der Waals surface area contributed by atoms with E-state index in [4.69, 9.17) is 4.74 Å². The van der Waals surface area contributed by atoms with Gasteiger partial charge in [-0.15, -0.1) is 0 Å². The molecule has 1 fully saturated rings. The summed E-state index contributed by atoms with van der Waals surface area (Å²) in [4.78, 5) is 15.8. The van der Waals surface area contributed by atoms with Crippen LogP contribution in [0.25, 0.3) is 0 Å². The Morgan fingerprint density at radius 2 is 1.77 bits per heavy atom. The van der Waals surface area contributed by atoms with Crippen molar-refractivity contribution in [2.45, 2.75) is 92.2 Å². The van der Waals surface area contributed by atoms with E-state index in [2.05, 4.69) is 32.6 Å². The fourth-order valence-corrected chi connectivity index (χ4v) is 3.03. The van der Waals surface area contributed by atoms with Gasteiger partial charge in [0.25, 0.3) is 0 Å². The summed E-state index contributed by atoms with van der Waals surface area (Å²) in [7, 11) is 0. The lowest BCUT2D eigenvalue weighted by atomic mass is 10.1. The molecular formula is C21H43FN2O2. The number of alkyl halides is 1. The van der Waals surface area contributed by atoms with Gasteiger partial charge in [0.05, 0.1) is 0 Å². The molecule has 2 unspecified atom stereocenters. The molecule has 0 aromatic rings. The highest BCUT2D eigenvalue weighted by atomic mass is 19.1. The van der Waals surface area contributed by atoms with Crippen molar-refractivity contribution >= 4 is 6.09 Å². The van der Waals surface area contributed by atoms with E-state index in [0.29, 0.717) is 18.5 Å². The van der Waals surface area contributed by atoms with Gasteiger partial charge in [-0.05, 0) is 66.0 Å². The Bertz CT molecular complexity index is 366. The van der Waals surface area contributed by atoms with Crippen LogP contribution in [-0.4, -0.2) is 60.4 Å². The number of nitrogens with zero attached hydrogens (tertiary/aromatic N) is 2. The second kappa shape index (κ2) is 13.3. The number of rotatable bonds is 8. The molecule has 5 heteroatoms. The van der Waals surface area contributed by atoms with Crippen LogP contribution in [0.2, 0.25) is 0 Å². The largest absolute Gasteiger partial charge is 0.444 e. The van der Waals surface area contributed by atoms with Crippen molar-refractivity contribution in [3.05, 3.63) is 0 Å². The summed E-state index contributed by atoms with van der Waals surface area (Å²) in [6.45, 7) is 17.7. The Morgan fingerprint density at radius 1 is 1.12 bits per heavy atom. The Labute approximate surface area is 161 Å². The molecular weight excluding hydrogens is 331 g/mol. The van der Waals surface area contributed by atoms with Crippen LogP contribution in [0.5, 0.6) is 0 Å². The van der Waals surface area contributed by atoms with E-state index in [-0.39, 0.29) is 18.4 Å². The highest BCUT2D eigenvalue weighted by Crippen LogP contribution is 2.25. The van der Waals surface area contributed by atoms with Crippen molar-refractivity contribution in [1.82, 2.24) is 9.80 Å². The molecule has 0 radical (unpaired) electrons. The Morgan fingerprint density at radius 3 is 2.19 bits per heavy atom. The molecule has 2 atom stereocenters. The van der Waals surface area contributed by atoms with E-state index in [9.17, 15) is 9.18 Å². The molecule has 26 heavy (non-hydrogen) atoms. The van der Waals surface area contributed by atoms with Crippen LogP contribution in [0.4, 0.5) is 9.18 Å². The first-order valence-corrected chi connectivity index (χ1v) is 10.4. The van der Waals surface area contributed by atoms with E-state index in [0.717, 1.165) is 32.5 Å². The Balaban J connectivity index is 0.000000488. The van der Waals surface area contributed by atoms with Gasteiger partial charge in [0.2, 0.25) is 0 Å². The molecule has 0 aromatic heterocycles. The van der Waals surface area contributed by atoms with Gasteiger partial charge in [-0.2, -0.15) is 0 Å². The summed E-state index contributed by atoms with van der Waals surface area (Å²) in [5.41, 5.74) is -0.386. The zero-order chi connectivity index (χ0) is 20.2. The lowest BCUT2D eigenvalue weighted by Crippen LogP contribution is -2.39. The molecule has 0 saturated carbocycles. The second-order valence-electron chi connectivity index (χ2n) is 8.42. The van der Waals surface area contributed by atoms with Gasteiger partial charge in [0.1, 0.15) is 12.3 Å². The number of ether oxygens (including phenoxy) is 1. The molecule has 4 nitrogen and oxygen atoms in total. The van der Waals surface area contributed by atoms with Crippen molar-refractivity contribution in [2.24, 2.45) is 5.92 Å². The third kappa shape index (κ3) is 11.0. The second-order valence-corrected chi connectivity index (χ2v) is 8.42. The van der Waals surface area contributed by atoms with Gasteiger partial charge in [0.15, 0.2) is 0 Å². The minimum Gasteiger partial charge on any atom is -0.444 e. The molecule has 1 amide bonds. The Kier molecular flexibility index (Phi) is 12.9. The molecule has 1 heterocycles. The number of amides is 1. The smallest absolute Gasteiger partial charge is 0.410 e. The molecule has 1 aliphatic heterocycles. The number of hydrogen-bond donors (Lipinski definition) is 0. The maximum absolute atomic E-state index is 12.0. The fraction of sp³-hybridized carbons (Fsp3) is 0.952. The highest BCUT2D eigenvalue weighted by molar-refractivity contribution is 5.68. The lowest BCUT2D eigenvalue weighted by molar-refractivity contribution is 0.0225. The standard InChI is InChI=1S/C11H21NO2.C10H22FN/c1-8-6-7-12(9(8)2)10(13)14-11(3,4)5;1-3-5-6-9-12(8-4-2)10-7-11/h8-9H,6-7H2,1-5H3;3-10H2,1-2H3. The third-order valence-corrected chi connectivity index (χ3v) is 4.79. The zero-order valence-corrected chi connectivity index (χ0v) is 18.3. The third-order valence-electron chi connectivity index (χ3n) is 4.79. The summed E-state index contributed by atoms with van der Waals surface area (Å²) in [5, 5.41) is 0. The molecule has 0 aromatic carbocycles. The summed E-state index contributed by atoms with van der Waals surface area (Å²) in [6, 6.07) is 0.310. The average Bonchev–Trinajstić information content (AvgIpc) is 2.87. The van der Waals surface area contributed by atoms with Gasteiger partial charge in [-0.1, -0.05) is 33.6 Å². The summed E-state index contributed by atoms with van der Waals surface area (Å²) < 4.78 is 17.4. The predicted molar refractivity (Wildman–Crippen MR) is 108 cm³/mol. The maximum atomic E-state index is 12.0. The van der Waals surface area contributed by atoms with E-state index in [1.807, 2.05) is 25.7 Å². The van der Waals surface area contributed by atoms with Crippen molar-refractivity contribution < 1.29 is 13.9 Å². The summed E-state index contributed by atoms with van der Waals surface area (Å²) in [6.07, 6.45) is 5.78. The van der Waals surface area contributed by atoms with Gasteiger partial charge >= 0.3 is 6.09 Å². The number of carbonyl (C=O) groups excluding carboxylic acids is 1. The zero-order valence-electron chi connectivity index (χ0n) is 18.3. The van der Waals surface area contributed by atoms with E-state index < -0.39 is 0 Å². The van der Waals surface area contributed by atoms with Gasteiger partial charge in [-0.25, -0.2) is 9.18 Å². The topological polar surface area (TPSA) is 32.8 Å². The number of halogens is 1. The first-order chi connectivity index (χ1) is 12.2. The molecule has 1 saturated heterocycles. The molecule has 0 spiro atoms. The van der Waals surface area contributed by atoms with Crippen molar-refractivity contribution in [3.63, 3.8) is 0 Å². The first-order valence-electron chi connectivity index (χ1n) is 10.4. The van der Waals surface area contributed by atoms with Crippen LogP contribution in [0.15, 0.2) is 0 Å². The molecule has 156 valence electrons. The SMILES string of the molecule is CC1CCN(C(=O)OC(C)(C)C)C1C.CCCCCN(CCC)CCF. The van der Waals surface area contributed by atoms with E-state index in [1.165, 1.54) is 19.3 Å². The fourth-order valence-electron chi connectivity index (χ4n) is 3.03. The molecule has 1 rings (SSSR count). The van der Waals surface area contributed by atoms with Gasteiger partial charge in [0, 0.05) is 19.1 Å². The minimum absolute atomic E-state index is 0.172. The Hall–Kier alpha value is -0.840. The molecule has 0 aliphatic carbocycles. The lowest BCUT2D eigenvalue weighted by Gasteiger charge is -2.27. The molecule has 0 bridgehead atoms. The van der Waals surface area contributed by atoms with E-state index >= 15 is 0 Å². The number of likely N-dealkylation sites (tertiary alicyclic amines) is 1. The van der Waals surface area contributed by atoms with Crippen molar-refractivity contribution in [2.75, 3.05) is 32.9 Å². The maximum Gasteiger partial charge on any atom is 0.410 e. The first kappa shape index (κ1) is 25.2. The molecule has 1 aliphatic rings. The normalized spacial score (nSPS) is 20.1. The van der Waals surface area contributed by atoms with Crippen molar-refractivity contribution in [3.8, 4) is 0 Å². The average molecular weight is 375 g/mol. The van der Waals surface area contributed by atoms with Gasteiger partial charge < -0.3 is 14.5 Å². The summed E-state index contributed by atoms with van der Waals surface area (Å²) >= 11 is 0. The minimum atomic E-state index is -0.386. The molecule has 0 N–H and O–H groups in total. The highest BCUT2D eigenvalue weighted by Gasteiger charge is 2.33. The monoisotopic (exact) mass is 374 g/mol. The quantitative estimate of drug-likeness (QED) is 0.525. The van der Waals surface area contributed by atoms with Crippen LogP contribution in [-0.2, 0) is 4.74 Å². The van der Waals surface area contributed by atoms with Crippen LogP contribution in [0, 0.1) is 5.92 Å². The predicted octanol–water partition coefficient (Wildman–Crippen LogP) is 5.51. The number of unbranched alkanes of at least 4 members (excludes halogenated alkanes) is 2. The number of hydrogen-bond acceptors (Lipinski definition) is 3. The van der Waals surface area contributed by atoms with Crippen molar-refractivity contribution in [1.29, 1.82) is 0 Å². The van der Waals surface area contributed by atoms with Crippen LogP contribution >= 0.6 is 0 Å². The van der Waals surface area contributed by atoms with Crippen LogP contribution < -0.4 is 0 Å². The van der Waals surface area contributed by atoms with E-state index in [1.54, 1.807) is 0 Å². The van der Waals surface area contributed by atoms with Crippen LogP contribution in [0.1, 0.15) is 80.6 Å². The van der Waals surface area contributed by atoms with Gasteiger partial charge in [-0.3, -0.25) is 0 Å². The summed E-state index contributed by atoms with van der Waals surface area (Å²) in [5.74, 6) is 0.586. The van der Waals surface area contributed by atoms with Crippen LogP contribution in [0.3, 0.4) is 0 Å².